The molecule has 1 fully saturated rings. The van der Waals surface area contributed by atoms with E-state index in [2.05, 4.69) is 5.32 Å². The fourth-order valence-electron chi connectivity index (χ4n) is 3.29. The number of amides is 2. The van der Waals surface area contributed by atoms with Gasteiger partial charge in [0.25, 0.3) is 5.91 Å². The molecular weight excluding hydrogens is 373 g/mol. The van der Waals surface area contributed by atoms with Crippen LogP contribution in [-0.2, 0) is 4.79 Å². The zero-order valence-electron chi connectivity index (χ0n) is 16.6. The second kappa shape index (κ2) is 8.86. The van der Waals surface area contributed by atoms with Crippen LogP contribution in [0.15, 0.2) is 42.5 Å². The molecule has 0 spiro atoms. The van der Waals surface area contributed by atoms with Crippen LogP contribution in [0.2, 0.25) is 0 Å². The Balaban J connectivity index is 1.65. The summed E-state index contributed by atoms with van der Waals surface area (Å²) < 4.78 is 14.4. The molecule has 6 nitrogen and oxygen atoms in total. The smallest absolute Gasteiger partial charge is 0.254 e. The lowest BCUT2D eigenvalue weighted by molar-refractivity contribution is -0.115. The van der Waals surface area contributed by atoms with Gasteiger partial charge >= 0.3 is 0 Å². The summed E-state index contributed by atoms with van der Waals surface area (Å²) in [6.07, 6.45) is 0.365. The number of anilines is 2. The predicted octanol–water partition coefficient (Wildman–Crippen LogP) is 3.34. The van der Waals surface area contributed by atoms with Crippen LogP contribution in [0.5, 0.6) is 0 Å². The van der Waals surface area contributed by atoms with Gasteiger partial charge in [0.1, 0.15) is 5.82 Å². The summed E-state index contributed by atoms with van der Waals surface area (Å²) in [6, 6.07) is 11.4. The molecule has 2 amide bonds. The minimum absolute atomic E-state index is 0.110. The highest BCUT2D eigenvalue weighted by Crippen LogP contribution is 2.23. The number of nitrogens with zero attached hydrogens (tertiary/aromatic N) is 2. The van der Waals surface area contributed by atoms with Crippen LogP contribution in [0.4, 0.5) is 15.8 Å². The topological polar surface area (TPSA) is 69.7 Å². The Morgan fingerprint density at radius 3 is 2.34 bits per heavy atom. The maximum absolute atomic E-state index is 14.4. The molecule has 0 aliphatic carbocycles. The normalized spacial score (nSPS) is 13.9. The third-order valence-electron chi connectivity index (χ3n) is 4.98. The first-order valence-electron chi connectivity index (χ1n) is 9.63. The number of piperazine rings is 1. The number of rotatable bonds is 5. The molecule has 1 aliphatic heterocycles. The SMILES string of the molecule is CCC(=O)Nc1cccc(C(=O)N2CCN(c3ccc(C(C)=O)cc3F)CC2)c1. The molecule has 2 aromatic carbocycles. The maximum atomic E-state index is 14.4. The molecule has 152 valence electrons. The van der Waals surface area contributed by atoms with Crippen molar-refractivity contribution in [3.8, 4) is 0 Å². The molecule has 3 rings (SSSR count). The lowest BCUT2D eigenvalue weighted by atomic mass is 10.1. The zero-order chi connectivity index (χ0) is 21.0. The van der Waals surface area contributed by atoms with Crippen LogP contribution in [0, 0.1) is 5.82 Å². The van der Waals surface area contributed by atoms with Crippen molar-refractivity contribution in [3.63, 3.8) is 0 Å². The summed E-state index contributed by atoms with van der Waals surface area (Å²) in [7, 11) is 0. The van der Waals surface area contributed by atoms with Gasteiger partial charge in [-0.25, -0.2) is 4.39 Å². The van der Waals surface area contributed by atoms with Gasteiger partial charge in [0.05, 0.1) is 5.69 Å². The highest BCUT2D eigenvalue weighted by Gasteiger charge is 2.24. The van der Waals surface area contributed by atoms with Crippen LogP contribution in [0.25, 0.3) is 0 Å². The number of carbonyl (C=O) groups is 3. The van der Waals surface area contributed by atoms with Gasteiger partial charge in [0, 0.05) is 49.4 Å². The van der Waals surface area contributed by atoms with Gasteiger partial charge in [-0.1, -0.05) is 13.0 Å². The fourth-order valence-corrected chi connectivity index (χ4v) is 3.29. The lowest BCUT2D eigenvalue weighted by Crippen LogP contribution is -2.49. The molecule has 1 heterocycles. The number of Topliss-reactive ketones (excluding diaryl/α,β-unsaturated/α-hetero) is 1. The molecule has 0 radical (unpaired) electrons. The van der Waals surface area contributed by atoms with Crippen LogP contribution in [0.1, 0.15) is 41.0 Å². The minimum atomic E-state index is -0.433. The number of halogens is 1. The largest absolute Gasteiger partial charge is 0.366 e. The number of hydrogen-bond donors (Lipinski definition) is 1. The average Bonchev–Trinajstić information content (AvgIpc) is 2.73. The second-order valence-corrected chi connectivity index (χ2v) is 6.98. The van der Waals surface area contributed by atoms with E-state index in [0.29, 0.717) is 55.1 Å². The molecule has 0 atom stereocenters. The van der Waals surface area contributed by atoms with Gasteiger partial charge in [-0.05, 0) is 43.3 Å². The fraction of sp³-hybridized carbons (Fsp3) is 0.318. The summed E-state index contributed by atoms with van der Waals surface area (Å²) in [5.74, 6) is -0.842. The number of ketones is 1. The number of carbonyl (C=O) groups excluding carboxylic acids is 3. The van der Waals surface area contributed by atoms with Gasteiger partial charge in [-0.15, -0.1) is 0 Å². The first-order valence-corrected chi connectivity index (χ1v) is 9.63. The molecule has 1 saturated heterocycles. The Hall–Kier alpha value is -3.22. The Kier molecular flexibility index (Phi) is 6.26. The molecule has 1 aliphatic rings. The van der Waals surface area contributed by atoms with Gasteiger partial charge < -0.3 is 15.1 Å². The van der Waals surface area contributed by atoms with E-state index in [9.17, 15) is 18.8 Å². The standard InChI is InChI=1S/C22H24FN3O3/c1-3-21(28)24-18-6-4-5-17(13-18)22(29)26-11-9-25(10-12-26)20-8-7-16(15(2)27)14-19(20)23/h4-8,13-14H,3,9-12H2,1-2H3,(H,24,28). The van der Waals surface area contributed by atoms with Crippen molar-refractivity contribution in [3.05, 3.63) is 59.4 Å². The van der Waals surface area contributed by atoms with Crippen molar-refractivity contribution >= 4 is 29.0 Å². The van der Waals surface area contributed by atoms with E-state index in [-0.39, 0.29) is 17.6 Å². The summed E-state index contributed by atoms with van der Waals surface area (Å²) in [6.45, 7) is 5.07. The van der Waals surface area contributed by atoms with Crippen LogP contribution in [-0.4, -0.2) is 48.7 Å². The van der Waals surface area contributed by atoms with Gasteiger partial charge in [-0.2, -0.15) is 0 Å². The van der Waals surface area contributed by atoms with Crippen LogP contribution >= 0.6 is 0 Å². The van der Waals surface area contributed by atoms with E-state index in [1.165, 1.54) is 13.0 Å². The minimum Gasteiger partial charge on any atom is -0.366 e. The third kappa shape index (κ3) is 4.80. The summed E-state index contributed by atoms with van der Waals surface area (Å²) in [5.41, 5.74) is 1.87. The van der Waals surface area contributed by atoms with Crippen LogP contribution < -0.4 is 10.2 Å². The van der Waals surface area contributed by atoms with E-state index in [4.69, 9.17) is 0 Å². The van der Waals surface area contributed by atoms with Crippen molar-refractivity contribution in [1.29, 1.82) is 0 Å². The molecule has 7 heteroatoms. The Morgan fingerprint density at radius 2 is 1.72 bits per heavy atom. The highest BCUT2D eigenvalue weighted by molar-refractivity contribution is 5.97. The lowest BCUT2D eigenvalue weighted by Gasteiger charge is -2.36. The Labute approximate surface area is 169 Å². The van der Waals surface area contributed by atoms with Gasteiger partial charge in [0.15, 0.2) is 5.78 Å². The molecule has 0 bridgehead atoms. The van der Waals surface area contributed by atoms with Crippen molar-refractivity contribution in [2.45, 2.75) is 20.3 Å². The maximum Gasteiger partial charge on any atom is 0.254 e. The predicted molar refractivity (Wildman–Crippen MR) is 110 cm³/mol. The van der Waals surface area contributed by atoms with Crippen molar-refractivity contribution < 1.29 is 18.8 Å². The monoisotopic (exact) mass is 397 g/mol. The molecular formula is C22H24FN3O3. The van der Waals surface area contributed by atoms with Crippen molar-refractivity contribution in [2.75, 3.05) is 36.4 Å². The third-order valence-corrected chi connectivity index (χ3v) is 4.98. The second-order valence-electron chi connectivity index (χ2n) is 6.98. The first-order chi connectivity index (χ1) is 13.9. The van der Waals surface area contributed by atoms with E-state index in [1.54, 1.807) is 48.2 Å². The molecule has 0 saturated carbocycles. The summed E-state index contributed by atoms with van der Waals surface area (Å²) in [4.78, 5) is 39.4. The number of benzene rings is 2. The number of hydrogen-bond acceptors (Lipinski definition) is 4. The molecule has 0 aromatic heterocycles. The van der Waals surface area contributed by atoms with Gasteiger partial charge in [-0.3, -0.25) is 14.4 Å². The first kappa shape index (κ1) is 20.5. The van der Waals surface area contributed by atoms with Crippen molar-refractivity contribution in [1.82, 2.24) is 4.90 Å². The molecule has 0 unspecified atom stereocenters. The zero-order valence-corrected chi connectivity index (χ0v) is 16.6. The van der Waals surface area contributed by atoms with E-state index >= 15 is 0 Å². The van der Waals surface area contributed by atoms with Gasteiger partial charge in [0.2, 0.25) is 5.91 Å². The Morgan fingerprint density at radius 1 is 1.00 bits per heavy atom. The van der Waals surface area contributed by atoms with Crippen LogP contribution in [0.3, 0.4) is 0 Å². The summed E-state index contributed by atoms with van der Waals surface area (Å²) in [5, 5.41) is 2.75. The van der Waals surface area contributed by atoms with E-state index in [1.807, 2.05) is 4.90 Å². The highest BCUT2D eigenvalue weighted by atomic mass is 19.1. The van der Waals surface area contributed by atoms with E-state index in [0.717, 1.165) is 0 Å². The summed E-state index contributed by atoms with van der Waals surface area (Å²) >= 11 is 0. The molecule has 29 heavy (non-hydrogen) atoms. The molecule has 1 N–H and O–H groups in total. The van der Waals surface area contributed by atoms with E-state index < -0.39 is 5.82 Å². The Bertz CT molecular complexity index is 937. The quantitative estimate of drug-likeness (QED) is 0.786. The molecule has 2 aromatic rings. The average molecular weight is 397 g/mol. The van der Waals surface area contributed by atoms with Crippen molar-refractivity contribution in [2.24, 2.45) is 0 Å². The number of nitrogens with one attached hydrogen (secondary N) is 1.